The fraction of sp³-hybridized carbons (Fsp3) is 0.389. The Morgan fingerprint density at radius 1 is 1.14 bits per heavy atom. The van der Waals surface area contributed by atoms with Crippen molar-refractivity contribution < 1.29 is 0 Å². The number of hydrogen-bond acceptors (Lipinski definition) is 2. The Morgan fingerprint density at radius 3 is 2.43 bits per heavy atom. The number of aryl methyl sites for hydroxylation is 3. The second-order valence-corrected chi connectivity index (χ2v) is 5.68. The quantitative estimate of drug-likeness (QED) is 0.915. The lowest BCUT2D eigenvalue weighted by Gasteiger charge is -2.21. The Bertz CT molecular complexity index is 653. The van der Waals surface area contributed by atoms with Crippen LogP contribution in [0, 0.1) is 20.8 Å². The molecule has 1 aromatic carbocycles. The lowest BCUT2D eigenvalue weighted by molar-refractivity contribution is 0.466. The Labute approximate surface area is 126 Å². The topological polar surface area (TPSA) is 34.0 Å². The maximum absolute atomic E-state index is 12.2. The maximum Gasteiger partial charge on any atom is 0.253 e. The summed E-state index contributed by atoms with van der Waals surface area (Å²) in [5.41, 5.74) is 4.62. The van der Waals surface area contributed by atoms with E-state index >= 15 is 0 Å². The second kappa shape index (κ2) is 6.72. The van der Waals surface area contributed by atoms with Gasteiger partial charge in [0.1, 0.15) is 0 Å². The largest absolute Gasteiger partial charge is 0.313 e. The summed E-state index contributed by atoms with van der Waals surface area (Å²) >= 11 is 0. The van der Waals surface area contributed by atoms with Crippen molar-refractivity contribution in [3.05, 3.63) is 69.1 Å². The van der Waals surface area contributed by atoms with Crippen LogP contribution in [0.1, 0.15) is 35.2 Å². The van der Waals surface area contributed by atoms with Crippen molar-refractivity contribution in [2.24, 2.45) is 0 Å². The lowest BCUT2D eigenvalue weighted by atomic mass is 10.0. The monoisotopic (exact) mass is 284 g/mol. The first-order chi connectivity index (χ1) is 10.0. The van der Waals surface area contributed by atoms with Gasteiger partial charge in [0.25, 0.3) is 5.56 Å². The summed E-state index contributed by atoms with van der Waals surface area (Å²) in [6.45, 7) is 9.69. The normalized spacial score (nSPS) is 12.4. The Balaban J connectivity index is 2.35. The number of hydrogen-bond donors (Lipinski definition) is 1. The maximum atomic E-state index is 12.2. The van der Waals surface area contributed by atoms with Gasteiger partial charge in [-0.2, -0.15) is 0 Å². The minimum atomic E-state index is 0.0878. The molecule has 0 amide bonds. The van der Waals surface area contributed by atoms with Crippen molar-refractivity contribution in [2.75, 3.05) is 6.54 Å². The van der Waals surface area contributed by atoms with E-state index in [0.29, 0.717) is 6.54 Å². The van der Waals surface area contributed by atoms with Gasteiger partial charge in [-0.3, -0.25) is 4.79 Å². The average molecular weight is 284 g/mol. The summed E-state index contributed by atoms with van der Waals surface area (Å²) in [6.07, 6.45) is 1.86. The van der Waals surface area contributed by atoms with Crippen molar-refractivity contribution in [1.29, 1.82) is 0 Å². The molecule has 112 valence electrons. The Kier molecular flexibility index (Phi) is 4.97. The summed E-state index contributed by atoms with van der Waals surface area (Å²) in [4.78, 5) is 12.2. The van der Waals surface area contributed by atoms with Crippen LogP contribution < -0.4 is 10.9 Å². The van der Waals surface area contributed by atoms with Crippen molar-refractivity contribution in [2.45, 2.75) is 40.3 Å². The highest BCUT2D eigenvalue weighted by atomic mass is 16.1. The molecule has 3 nitrogen and oxygen atoms in total. The van der Waals surface area contributed by atoms with Crippen LogP contribution in [-0.2, 0) is 6.54 Å². The van der Waals surface area contributed by atoms with Crippen LogP contribution in [0.5, 0.6) is 0 Å². The standard InChI is InChI=1S/C18H24N2O/c1-5-19-17(16-10-13(2)9-14(3)11-16)12-20-8-6-7-15(4)18(20)21/h6-11,17,19H,5,12H2,1-4H3. The highest BCUT2D eigenvalue weighted by Gasteiger charge is 2.13. The van der Waals surface area contributed by atoms with Gasteiger partial charge in [-0.05, 0) is 38.9 Å². The van der Waals surface area contributed by atoms with Crippen LogP contribution in [-0.4, -0.2) is 11.1 Å². The van der Waals surface area contributed by atoms with E-state index < -0.39 is 0 Å². The third kappa shape index (κ3) is 3.82. The van der Waals surface area contributed by atoms with Crippen molar-refractivity contribution >= 4 is 0 Å². The molecule has 0 bridgehead atoms. The zero-order chi connectivity index (χ0) is 15.4. The van der Waals surface area contributed by atoms with E-state index in [0.717, 1.165) is 12.1 Å². The summed E-state index contributed by atoms with van der Waals surface area (Å²) in [5.74, 6) is 0. The number of benzene rings is 1. The lowest BCUT2D eigenvalue weighted by Crippen LogP contribution is -2.31. The molecule has 2 aromatic rings. The van der Waals surface area contributed by atoms with Gasteiger partial charge in [0.15, 0.2) is 0 Å². The molecule has 0 saturated carbocycles. The number of rotatable bonds is 5. The molecule has 1 heterocycles. The van der Waals surface area contributed by atoms with E-state index in [1.54, 1.807) is 4.57 Å². The number of nitrogens with zero attached hydrogens (tertiary/aromatic N) is 1. The minimum Gasteiger partial charge on any atom is -0.313 e. The Morgan fingerprint density at radius 2 is 1.81 bits per heavy atom. The highest BCUT2D eigenvalue weighted by Crippen LogP contribution is 2.18. The predicted octanol–water partition coefficient (Wildman–Crippen LogP) is 3.12. The first kappa shape index (κ1) is 15.5. The van der Waals surface area contributed by atoms with E-state index in [4.69, 9.17) is 0 Å². The van der Waals surface area contributed by atoms with Crippen LogP contribution in [0.2, 0.25) is 0 Å². The van der Waals surface area contributed by atoms with Crippen molar-refractivity contribution in [1.82, 2.24) is 9.88 Å². The van der Waals surface area contributed by atoms with Gasteiger partial charge < -0.3 is 9.88 Å². The van der Waals surface area contributed by atoms with E-state index in [-0.39, 0.29) is 11.6 Å². The zero-order valence-electron chi connectivity index (χ0n) is 13.3. The number of pyridine rings is 1. The van der Waals surface area contributed by atoms with Crippen LogP contribution >= 0.6 is 0 Å². The van der Waals surface area contributed by atoms with Gasteiger partial charge in [0.2, 0.25) is 0 Å². The van der Waals surface area contributed by atoms with Crippen LogP contribution in [0.15, 0.2) is 41.3 Å². The first-order valence-corrected chi connectivity index (χ1v) is 7.49. The molecular formula is C18H24N2O. The molecule has 1 unspecified atom stereocenters. The molecule has 2 rings (SSSR count). The van der Waals surface area contributed by atoms with Gasteiger partial charge >= 0.3 is 0 Å². The molecule has 1 atom stereocenters. The number of aromatic nitrogens is 1. The fourth-order valence-electron chi connectivity index (χ4n) is 2.74. The van der Waals surface area contributed by atoms with E-state index in [1.807, 2.05) is 25.3 Å². The third-order valence-electron chi connectivity index (χ3n) is 3.69. The summed E-state index contributed by atoms with van der Waals surface area (Å²) < 4.78 is 1.79. The summed E-state index contributed by atoms with van der Waals surface area (Å²) in [6, 6.07) is 10.5. The van der Waals surface area contributed by atoms with Gasteiger partial charge in [-0.1, -0.05) is 42.3 Å². The highest BCUT2D eigenvalue weighted by molar-refractivity contribution is 5.30. The fourth-order valence-corrected chi connectivity index (χ4v) is 2.74. The average Bonchev–Trinajstić information content (AvgIpc) is 2.42. The molecule has 0 radical (unpaired) electrons. The molecule has 0 aliphatic heterocycles. The van der Waals surface area contributed by atoms with Crippen LogP contribution in [0.3, 0.4) is 0 Å². The molecule has 0 fully saturated rings. The first-order valence-electron chi connectivity index (χ1n) is 7.49. The molecule has 0 aliphatic carbocycles. The molecule has 0 saturated heterocycles. The molecule has 1 aromatic heterocycles. The van der Waals surface area contributed by atoms with E-state index in [1.165, 1.54) is 16.7 Å². The van der Waals surface area contributed by atoms with Gasteiger partial charge in [-0.15, -0.1) is 0 Å². The minimum absolute atomic E-state index is 0.0878. The molecule has 21 heavy (non-hydrogen) atoms. The Hall–Kier alpha value is -1.87. The van der Waals surface area contributed by atoms with Gasteiger partial charge in [0, 0.05) is 18.3 Å². The van der Waals surface area contributed by atoms with E-state index in [9.17, 15) is 4.79 Å². The van der Waals surface area contributed by atoms with E-state index in [2.05, 4.69) is 44.3 Å². The van der Waals surface area contributed by atoms with Crippen molar-refractivity contribution in [3.8, 4) is 0 Å². The van der Waals surface area contributed by atoms with Crippen LogP contribution in [0.25, 0.3) is 0 Å². The molecule has 0 spiro atoms. The smallest absolute Gasteiger partial charge is 0.253 e. The SMILES string of the molecule is CCNC(Cn1cccc(C)c1=O)c1cc(C)cc(C)c1. The second-order valence-electron chi connectivity index (χ2n) is 5.68. The molecule has 0 aliphatic rings. The van der Waals surface area contributed by atoms with Gasteiger partial charge in [0.05, 0.1) is 6.04 Å². The number of nitrogens with one attached hydrogen (secondary N) is 1. The summed E-state index contributed by atoms with van der Waals surface area (Å²) in [7, 11) is 0. The number of likely N-dealkylation sites (N-methyl/N-ethyl adjacent to an activating group) is 1. The zero-order valence-corrected chi connectivity index (χ0v) is 13.3. The van der Waals surface area contributed by atoms with Gasteiger partial charge in [-0.25, -0.2) is 0 Å². The summed E-state index contributed by atoms with van der Waals surface area (Å²) in [5, 5.41) is 3.49. The predicted molar refractivity (Wildman–Crippen MR) is 87.8 cm³/mol. The van der Waals surface area contributed by atoms with Crippen LogP contribution in [0.4, 0.5) is 0 Å². The van der Waals surface area contributed by atoms with Crippen molar-refractivity contribution in [3.63, 3.8) is 0 Å². The molecule has 3 heteroatoms. The molecule has 1 N–H and O–H groups in total. The molecular weight excluding hydrogens is 260 g/mol. The third-order valence-corrected chi connectivity index (χ3v) is 3.69.